The summed E-state index contributed by atoms with van der Waals surface area (Å²) in [4.78, 5) is 23.6. The van der Waals surface area contributed by atoms with Crippen molar-refractivity contribution in [3.8, 4) is 0 Å². The smallest absolute Gasteiger partial charge is 0.226 e. The van der Waals surface area contributed by atoms with Gasteiger partial charge in [0, 0.05) is 24.6 Å². The largest absolute Gasteiger partial charge is 0.360 e. The van der Waals surface area contributed by atoms with Crippen LogP contribution >= 0.6 is 0 Å². The monoisotopic (exact) mass is 301 g/mol. The summed E-state index contributed by atoms with van der Waals surface area (Å²) in [7, 11) is 0. The van der Waals surface area contributed by atoms with Gasteiger partial charge in [-0.05, 0) is 32.4 Å². The van der Waals surface area contributed by atoms with Crippen molar-refractivity contribution in [3.63, 3.8) is 0 Å². The van der Waals surface area contributed by atoms with Crippen LogP contribution in [0.25, 0.3) is 0 Å². The first-order valence-corrected chi connectivity index (χ1v) is 7.04. The molecule has 2 amide bonds. The Kier molecular flexibility index (Phi) is 4.93. The van der Waals surface area contributed by atoms with Crippen molar-refractivity contribution in [3.05, 3.63) is 41.2 Å². The summed E-state index contributed by atoms with van der Waals surface area (Å²) in [6.45, 7) is 5.66. The van der Waals surface area contributed by atoms with E-state index < -0.39 is 0 Å². The van der Waals surface area contributed by atoms with Crippen LogP contribution in [0.2, 0.25) is 0 Å². The average molecular weight is 301 g/mol. The van der Waals surface area contributed by atoms with E-state index in [0.717, 1.165) is 16.8 Å². The van der Waals surface area contributed by atoms with Gasteiger partial charge in [0.05, 0.1) is 0 Å². The lowest BCUT2D eigenvalue weighted by molar-refractivity contribution is -0.121. The summed E-state index contributed by atoms with van der Waals surface area (Å²) < 4.78 is 4.85. The number of benzene rings is 1. The van der Waals surface area contributed by atoms with Crippen molar-refractivity contribution in [2.45, 2.75) is 33.6 Å². The van der Waals surface area contributed by atoms with Crippen LogP contribution in [0.1, 0.15) is 29.7 Å². The van der Waals surface area contributed by atoms with E-state index in [9.17, 15) is 9.59 Å². The number of carbonyl (C=O) groups excluding carboxylic acids is 2. The van der Waals surface area contributed by atoms with Gasteiger partial charge in [-0.3, -0.25) is 9.59 Å². The van der Waals surface area contributed by atoms with Crippen molar-refractivity contribution < 1.29 is 14.1 Å². The number of nitrogens with zero attached hydrogens (tertiary/aromatic N) is 1. The first kappa shape index (κ1) is 15.8. The third-order valence-electron chi connectivity index (χ3n) is 3.13. The van der Waals surface area contributed by atoms with Gasteiger partial charge in [-0.15, -0.1) is 0 Å². The number of carbonyl (C=O) groups is 2. The van der Waals surface area contributed by atoms with Gasteiger partial charge in [-0.2, -0.15) is 0 Å². The number of nitrogens with one attached hydrogen (secondary N) is 2. The number of amides is 2. The van der Waals surface area contributed by atoms with Crippen molar-refractivity contribution in [2.75, 3.05) is 10.6 Å². The maximum Gasteiger partial charge on any atom is 0.226 e. The molecule has 0 bridgehead atoms. The van der Waals surface area contributed by atoms with Gasteiger partial charge in [0.15, 0.2) is 5.82 Å². The molecule has 2 rings (SSSR count). The molecule has 1 aromatic carbocycles. The van der Waals surface area contributed by atoms with Crippen molar-refractivity contribution >= 4 is 23.3 Å². The second-order valence-electron chi connectivity index (χ2n) is 5.24. The maximum absolute atomic E-state index is 11.9. The summed E-state index contributed by atoms with van der Waals surface area (Å²) in [5.41, 5.74) is 2.90. The minimum absolute atomic E-state index is 0.0860. The van der Waals surface area contributed by atoms with E-state index in [4.69, 9.17) is 4.52 Å². The first-order chi connectivity index (χ1) is 10.4. The Bertz CT molecular complexity index is 692. The predicted molar refractivity (Wildman–Crippen MR) is 83.6 cm³/mol. The number of aryl methyl sites for hydroxylation is 3. The fourth-order valence-corrected chi connectivity index (χ4v) is 2.02. The SMILES string of the molecule is Cc1ccc(NC(=O)CCC(=O)Nc2cc(C)on2)c(C)c1. The molecule has 0 aliphatic heterocycles. The van der Waals surface area contributed by atoms with Gasteiger partial charge in [0.2, 0.25) is 11.8 Å². The molecule has 0 atom stereocenters. The predicted octanol–water partition coefficient (Wildman–Crippen LogP) is 2.96. The number of anilines is 2. The standard InChI is InChI=1S/C16H19N3O3/c1-10-4-5-13(11(2)8-10)17-15(20)6-7-16(21)18-14-9-12(3)22-19-14/h4-5,8-9H,6-7H2,1-3H3,(H,17,20)(H,18,19,21). The third kappa shape index (κ3) is 4.44. The Labute approximate surface area is 128 Å². The molecule has 1 aromatic heterocycles. The van der Waals surface area contributed by atoms with Crippen LogP contribution in [-0.2, 0) is 9.59 Å². The van der Waals surface area contributed by atoms with E-state index in [1.54, 1.807) is 13.0 Å². The molecule has 0 saturated carbocycles. The van der Waals surface area contributed by atoms with E-state index in [-0.39, 0.29) is 24.7 Å². The minimum Gasteiger partial charge on any atom is -0.360 e. The van der Waals surface area contributed by atoms with Crippen LogP contribution in [0, 0.1) is 20.8 Å². The number of hydrogen-bond acceptors (Lipinski definition) is 4. The molecule has 116 valence electrons. The Morgan fingerprint density at radius 1 is 1.05 bits per heavy atom. The molecule has 0 radical (unpaired) electrons. The molecule has 2 N–H and O–H groups in total. The minimum atomic E-state index is -0.274. The van der Waals surface area contributed by atoms with Gasteiger partial charge in [-0.25, -0.2) is 0 Å². The molecule has 0 saturated heterocycles. The van der Waals surface area contributed by atoms with Crippen LogP contribution in [0.3, 0.4) is 0 Å². The molecule has 22 heavy (non-hydrogen) atoms. The highest BCUT2D eigenvalue weighted by molar-refractivity contribution is 5.96. The Morgan fingerprint density at radius 3 is 2.32 bits per heavy atom. The van der Waals surface area contributed by atoms with Crippen LogP contribution in [0.15, 0.2) is 28.8 Å². The summed E-state index contributed by atoms with van der Waals surface area (Å²) in [6, 6.07) is 7.41. The zero-order valence-corrected chi connectivity index (χ0v) is 12.9. The highest BCUT2D eigenvalue weighted by Crippen LogP contribution is 2.16. The third-order valence-corrected chi connectivity index (χ3v) is 3.13. The lowest BCUT2D eigenvalue weighted by Crippen LogP contribution is -2.17. The van der Waals surface area contributed by atoms with Crippen molar-refractivity contribution in [1.29, 1.82) is 0 Å². The molecule has 0 spiro atoms. The van der Waals surface area contributed by atoms with E-state index in [0.29, 0.717) is 11.6 Å². The fourth-order valence-electron chi connectivity index (χ4n) is 2.02. The summed E-state index contributed by atoms with van der Waals surface area (Å²) in [5, 5.41) is 9.05. The topological polar surface area (TPSA) is 84.2 Å². The zero-order chi connectivity index (χ0) is 16.1. The second kappa shape index (κ2) is 6.89. The molecule has 0 unspecified atom stereocenters. The zero-order valence-electron chi connectivity index (χ0n) is 12.9. The molecule has 0 fully saturated rings. The summed E-state index contributed by atoms with van der Waals surface area (Å²) >= 11 is 0. The van der Waals surface area contributed by atoms with Crippen LogP contribution in [0.5, 0.6) is 0 Å². The molecule has 0 aliphatic carbocycles. The first-order valence-electron chi connectivity index (χ1n) is 7.04. The number of hydrogen-bond donors (Lipinski definition) is 2. The summed E-state index contributed by atoms with van der Waals surface area (Å²) in [6.07, 6.45) is 0.193. The Morgan fingerprint density at radius 2 is 1.73 bits per heavy atom. The Balaban J connectivity index is 1.81. The van der Waals surface area contributed by atoms with Gasteiger partial charge < -0.3 is 15.2 Å². The van der Waals surface area contributed by atoms with Gasteiger partial charge in [0.1, 0.15) is 5.76 Å². The highest BCUT2D eigenvalue weighted by Gasteiger charge is 2.10. The molecular weight excluding hydrogens is 282 g/mol. The quantitative estimate of drug-likeness (QED) is 0.889. The Hall–Kier alpha value is -2.63. The van der Waals surface area contributed by atoms with E-state index in [2.05, 4.69) is 15.8 Å². The van der Waals surface area contributed by atoms with Crippen LogP contribution in [0.4, 0.5) is 11.5 Å². The van der Waals surface area contributed by atoms with E-state index in [1.807, 2.05) is 32.0 Å². The molecular formula is C16H19N3O3. The molecule has 6 nitrogen and oxygen atoms in total. The van der Waals surface area contributed by atoms with E-state index in [1.165, 1.54) is 0 Å². The number of rotatable bonds is 5. The average Bonchev–Trinajstić information content (AvgIpc) is 2.85. The maximum atomic E-state index is 11.9. The van der Waals surface area contributed by atoms with Crippen LogP contribution in [-0.4, -0.2) is 17.0 Å². The highest BCUT2D eigenvalue weighted by atomic mass is 16.5. The molecule has 0 aliphatic rings. The van der Waals surface area contributed by atoms with Crippen molar-refractivity contribution in [2.24, 2.45) is 0 Å². The van der Waals surface area contributed by atoms with Gasteiger partial charge in [-0.1, -0.05) is 22.9 Å². The summed E-state index contributed by atoms with van der Waals surface area (Å²) in [5.74, 6) is 0.502. The van der Waals surface area contributed by atoms with Crippen LogP contribution < -0.4 is 10.6 Å². The van der Waals surface area contributed by atoms with Crippen molar-refractivity contribution in [1.82, 2.24) is 5.16 Å². The lowest BCUT2D eigenvalue weighted by atomic mass is 10.1. The van der Waals surface area contributed by atoms with Gasteiger partial charge >= 0.3 is 0 Å². The molecule has 2 aromatic rings. The normalized spacial score (nSPS) is 10.3. The van der Waals surface area contributed by atoms with E-state index >= 15 is 0 Å². The second-order valence-corrected chi connectivity index (χ2v) is 5.24. The fraction of sp³-hybridized carbons (Fsp3) is 0.312. The van der Waals surface area contributed by atoms with Gasteiger partial charge in [0.25, 0.3) is 0 Å². The lowest BCUT2D eigenvalue weighted by Gasteiger charge is -2.09. The molecule has 6 heteroatoms. The molecule has 1 heterocycles. The number of aromatic nitrogens is 1.